The number of benzene rings is 3. The van der Waals surface area contributed by atoms with Gasteiger partial charge >= 0.3 is 17.9 Å². The number of aromatic amines is 2. The largest absolute Gasteiger partial charge is 0.478 e. The molecule has 0 bridgehead atoms. The van der Waals surface area contributed by atoms with Crippen molar-refractivity contribution in [2.75, 3.05) is 0 Å². The van der Waals surface area contributed by atoms with Gasteiger partial charge in [0.1, 0.15) is 11.5 Å². The number of aryl methyl sites for hydroxylation is 2. The molecule has 3 heterocycles. The molecule has 13 heteroatoms. The lowest BCUT2D eigenvalue weighted by Gasteiger charge is -2.13. The molecule has 0 fully saturated rings. The van der Waals surface area contributed by atoms with Crippen molar-refractivity contribution in [3.05, 3.63) is 151 Å². The van der Waals surface area contributed by atoms with Gasteiger partial charge in [0.15, 0.2) is 0 Å². The Bertz CT molecular complexity index is 2220. The van der Waals surface area contributed by atoms with E-state index >= 15 is 0 Å². The van der Waals surface area contributed by atoms with Crippen LogP contribution in [0.3, 0.4) is 0 Å². The number of rotatable bonds is 9. The van der Waals surface area contributed by atoms with Crippen LogP contribution in [0, 0.1) is 13.8 Å². The highest BCUT2D eigenvalue weighted by molar-refractivity contribution is 5.95. The van der Waals surface area contributed by atoms with Gasteiger partial charge in [-0.2, -0.15) is 0 Å². The SMILES string of the molecule is Cc1[nH]n(-c2cccc(C(=O)O)c2)c(=O)c1C(c1ccc(-c2ccccc2C(=O)O)o1)c1c(C)[nH]n(-c2cccc(C(=O)O)c2)c1=O. The average Bonchev–Trinajstić information content (AvgIpc) is 3.74. The van der Waals surface area contributed by atoms with Crippen molar-refractivity contribution < 1.29 is 34.1 Å². The summed E-state index contributed by atoms with van der Waals surface area (Å²) in [7, 11) is 0. The Kier molecular flexibility index (Phi) is 7.57. The molecule has 0 aliphatic rings. The first-order valence-corrected chi connectivity index (χ1v) is 14.2. The van der Waals surface area contributed by atoms with E-state index in [2.05, 4.69) is 10.2 Å². The van der Waals surface area contributed by atoms with E-state index in [-0.39, 0.29) is 56.3 Å². The fourth-order valence-electron chi connectivity index (χ4n) is 5.68. The summed E-state index contributed by atoms with van der Waals surface area (Å²) in [6.07, 6.45) is 0. The number of hydrogen-bond acceptors (Lipinski definition) is 6. The fraction of sp³-hybridized carbons (Fsp3) is 0.0882. The lowest BCUT2D eigenvalue weighted by atomic mass is 9.89. The molecule has 0 atom stereocenters. The van der Waals surface area contributed by atoms with E-state index in [1.807, 2.05) is 0 Å². The smallest absolute Gasteiger partial charge is 0.336 e. The van der Waals surface area contributed by atoms with Crippen molar-refractivity contribution in [1.82, 2.24) is 19.6 Å². The van der Waals surface area contributed by atoms with Gasteiger partial charge in [-0.25, -0.2) is 23.7 Å². The van der Waals surface area contributed by atoms with Crippen LogP contribution in [0.15, 0.2) is 98.9 Å². The molecule has 3 aromatic carbocycles. The quantitative estimate of drug-likeness (QED) is 0.148. The van der Waals surface area contributed by atoms with E-state index in [1.54, 1.807) is 56.3 Å². The van der Waals surface area contributed by atoms with Crippen LogP contribution < -0.4 is 11.1 Å². The number of furan rings is 1. The summed E-state index contributed by atoms with van der Waals surface area (Å²) < 4.78 is 8.58. The molecule has 13 nitrogen and oxygen atoms in total. The molecule has 6 rings (SSSR count). The molecule has 5 N–H and O–H groups in total. The Hall–Kier alpha value is -6.63. The highest BCUT2D eigenvalue weighted by atomic mass is 16.4. The monoisotopic (exact) mass is 634 g/mol. The van der Waals surface area contributed by atoms with Gasteiger partial charge in [-0.15, -0.1) is 0 Å². The van der Waals surface area contributed by atoms with Crippen LogP contribution >= 0.6 is 0 Å². The molecule has 3 aromatic heterocycles. The fourth-order valence-corrected chi connectivity index (χ4v) is 5.68. The van der Waals surface area contributed by atoms with Crippen molar-refractivity contribution in [1.29, 1.82) is 0 Å². The summed E-state index contributed by atoms with van der Waals surface area (Å²) in [5, 5.41) is 34.7. The molecule has 0 aliphatic heterocycles. The number of carboxylic acids is 3. The number of aromatic nitrogens is 4. The maximum absolute atomic E-state index is 14.2. The number of nitrogens with one attached hydrogen (secondary N) is 2. The first kappa shape index (κ1) is 30.4. The van der Waals surface area contributed by atoms with E-state index < -0.39 is 34.9 Å². The summed E-state index contributed by atoms with van der Waals surface area (Å²) in [4.78, 5) is 63.6. The zero-order chi connectivity index (χ0) is 33.6. The Morgan fingerprint density at radius 3 is 1.66 bits per heavy atom. The van der Waals surface area contributed by atoms with Crippen molar-refractivity contribution in [3.8, 4) is 22.7 Å². The number of H-pyrrole nitrogens is 2. The van der Waals surface area contributed by atoms with E-state index in [0.29, 0.717) is 11.4 Å². The van der Waals surface area contributed by atoms with Crippen molar-refractivity contribution >= 4 is 17.9 Å². The molecule has 0 radical (unpaired) electrons. The number of aromatic carboxylic acids is 3. The van der Waals surface area contributed by atoms with Crippen LogP contribution in [0.1, 0.15) is 65.3 Å². The minimum Gasteiger partial charge on any atom is -0.478 e. The van der Waals surface area contributed by atoms with Crippen LogP contribution in [0.2, 0.25) is 0 Å². The summed E-state index contributed by atoms with van der Waals surface area (Å²) in [5.41, 5.74) is 0.437. The van der Waals surface area contributed by atoms with E-state index in [0.717, 1.165) is 0 Å². The molecule has 0 saturated heterocycles. The first-order chi connectivity index (χ1) is 22.5. The van der Waals surface area contributed by atoms with Gasteiger partial charge in [0.25, 0.3) is 11.1 Å². The zero-order valence-electron chi connectivity index (χ0n) is 24.8. The molecule has 0 saturated carbocycles. The second kappa shape index (κ2) is 11.7. The molecular formula is C34H26N4O9. The minimum atomic E-state index is -1.18. The summed E-state index contributed by atoms with van der Waals surface area (Å²) in [6, 6.07) is 20.9. The maximum atomic E-state index is 14.2. The lowest BCUT2D eigenvalue weighted by molar-refractivity contribution is 0.0686. The third-order valence-electron chi connectivity index (χ3n) is 7.85. The second-order valence-electron chi connectivity index (χ2n) is 10.8. The third kappa shape index (κ3) is 5.35. The van der Waals surface area contributed by atoms with Gasteiger partial charge in [0, 0.05) is 17.0 Å². The summed E-state index contributed by atoms with van der Waals surface area (Å²) >= 11 is 0. The molecule has 0 amide bonds. The average molecular weight is 635 g/mol. The molecule has 236 valence electrons. The lowest BCUT2D eigenvalue weighted by Crippen LogP contribution is -2.25. The van der Waals surface area contributed by atoms with Crippen LogP contribution in [-0.4, -0.2) is 52.8 Å². The molecule has 47 heavy (non-hydrogen) atoms. The Morgan fingerprint density at radius 1 is 0.660 bits per heavy atom. The Morgan fingerprint density at radius 2 is 1.17 bits per heavy atom. The van der Waals surface area contributed by atoms with Gasteiger partial charge in [-0.3, -0.25) is 19.8 Å². The van der Waals surface area contributed by atoms with Crippen molar-refractivity contribution in [3.63, 3.8) is 0 Å². The third-order valence-corrected chi connectivity index (χ3v) is 7.85. The van der Waals surface area contributed by atoms with E-state index in [9.17, 15) is 39.3 Å². The topological polar surface area (TPSA) is 201 Å². The van der Waals surface area contributed by atoms with Gasteiger partial charge < -0.3 is 19.7 Å². The van der Waals surface area contributed by atoms with Crippen molar-refractivity contribution in [2.45, 2.75) is 19.8 Å². The maximum Gasteiger partial charge on any atom is 0.336 e. The highest BCUT2D eigenvalue weighted by Crippen LogP contribution is 2.36. The van der Waals surface area contributed by atoms with Gasteiger partial charge in [0.2, 0.25) is 0 Å². The summed E-state index contributed by atoms with van der Waals surface area (Å²) in [6.45, 7) is 3.25. The molecule has 0 aliphatic carbocycles. The molecule has 6 aromatic rings. The standard InChI is InChI=1S/C34H26N4O9/c1-17-27(30(39)37(35-17)21-9-5-7-19(15-21)32(41)42)29(26-14-13-25(47-26)23-11-3-4-12-24(23)34(45)46)28-18(2)36-38(31(28)40)22-10-6-8-20(16-22)33(43)44/h3-16,29,35-36H,1-2H3,(H,41,42)(H,43,44)(H,45,46). The van der Waals surface area contributed by atoms with Crippen LogP contribution in [0.4, 0.5) is 0 Å². The molecule has 0 spiro atoms. The zero-order valence-corrected chi connectivity index (χ0v) is 24.8. The number of carboxylic acid groups (broad SMARTS) is 3. The van der Waals surface area contributed by atoms with Gasteiger partial charge in [-0.1, -0.05) is 30.3 Å². The van der Waals surface area contributed by atoms with Crippen LogP contribution in [0.25, 0.3) is 22.7 Å². The Balaban J connectivity index is 1.59. The van der Waals surface area contributed by atoms with E-state index in [4.69, 9.17) is 4.42 Å². The Labute approximate surface area is 264 Å². The minimum absolute atomic E-state index is 0.0121. The number of nitrogens with zero attached hydrogens (tertiary/aromatic N) is 2. The van der Waals surface area contributed by atoms with Crippen LogP contribution in [-0.2, 0) is 0 Å². The van der Waals surface area contributed by atoms with E-state index in [1.165, 1.54) is 51.8 Å². The molecular weight excluding hydrogens is 608 g/mol. The van der Waals surface area contributed by atoms with Crippen molar-refractivity contribution in [2.24, 2.45) is 0 Å². The predicted octanol–water partition coefficient (Wildman–Crippen LogP) is 4.80. The predicted molar refractivity (Wildman–Crippen MR) is 168 cm³/mol. The van der Waals surface area contributed by atoms with Gasteiger partial charge in [0.05, 0.1) is 45.1 Å². The number of carbonyl (C=O) groups is 3. The normalized spacial score (nSPS) is 11.2. The summed E-state index contributed by atoms with van der Waals surface area (Å²) in [5.74, 6) is -4.33. The highest BCUT2D eigenvalue weighted by Gasteiger charge is 2.33. The van der Waals surface area contributed by atoms with Gasteiger partial charge in [-0.05, 0) is 68.4 Å². The molecule has 0 unspecified atom stereocenters. The van der Waals surface area contributed by atoms with Crippen LogP contribution in [0.5, 0.6) is 0 Å². The second-order valence-corrected chi connectivity index (χ2v) is 10.8. The first-order valence-electron chi connectivity index (χ1n) is 14.2. The number of hydrogen-bond donors (Lipinski definition) is 5.